The van der Waals surface area contributed by atoms with E-state index < -0.39 is 11.6 Å². The average Bonchev–Trinajstić information content (AvgIpc) is 2.56. The Morgan fingerprint density at radius 1 is 0.808 bits per heavy atom. The summed E-state index contributed by atoms with van der Waals surface area (Å²) in [7, 11) is 2.97. The Morgan fingerprint density at radius 3 is 1.73 bits per heavy atom. The Balaban J connectivity index is 3.34. The fourth-order valence-corrected chi connectivity index (χ4v) is 1.51. The van der Waals surface area contributed by atoms with Crippen LogP contribution in [0.2, 0.25) is 0 Å². The second kappa shape index (κ2) is 14.7. The van der Waals surface area contributed by atoms with Crippen LogP contribution in [-0.2, 0) is 33.2 Å². The summed E-state index contributed by atoms with van der Waals surface area (Å²) in [5.41, 5.74) is -0.504. The Bertz CT molecular complexity index is 383. The summed E-state index contributed by atoms with van der Waals surface area (Å²) in [5.74, 6) is -0.411. The topological polar surface area (TPSA) is 92.8 Å². The second-order valence-corrected chi connectivity index (χ2v) is 6.37. The number of hydrogen-bond donors (Lipinski definition) is 0. The van der Waals surface area contributed by atoms with Gasteiger partial charge in [0.05, 0.1) is 53.4 Å². The molecule has 0 aromatic rings. The van der Waals surface area contributed by atoms with Gasteiger partial charge in [-0.15, -0.1) is 0 Å². The SMILES string of the molecule is COC(=O)COCCOCCOCCOCCN(C)C(=O)OC(C)(C)C. The number of carbonyl (C=O) groups excluding carboxylic acids is 2. The first-order valence-corrected chi connectivity index (χ1v) is 8.58. The molecule has 0 N–H and O–H groups in total. The van der Waals surface area contributed by atoms with Crippen molar-refractivity contribution in [2.24, 2.45) is 0 Å². The fraction of sp³-hybridized carbons (Fsp3) is 0.882. The Labute approximate surface area is 155 Å². The average molecular weight is 379 g/mol. The third-order valence-electron chi connectivity index (χ3n) is 2.84. The van der Waals surface area contributed by atoms with E-state index in [1.807, 2.05) is 20.8 Å². The smallest absolute Gasteiger partial charge is 0.410 e. The van der Waals surface area contributed by atoms with Gasteiger partial charge in [0.25, 0.3) is 0 Å². The molecule has 0 aromatic carbocycles. The molecular weight excluding hydrogens is 346 g/mol. The highest BCUT2D eigenvalue weighted by Crippen LogP contribution is 2.08. The van der Waals surface area contributed by atoms with Crippen molar-refractivity contribution < 1.29 is 38.0 Å². The number of hydrogen-bond acceptors (Lipinski definition) is 8. The molecule has 0 aromatic heterocycles. The van der Waals surface area contributed by atoms with Crippen LogP contribution in [-0.4, -0.2) is 96.1 Å². The van der Waals surface area contributed by atoms with Gasteiger partial charge in [0, 0.05) is 13.6 Å². The van der Waals surface area contributed by atoms with Gasteiger partial charge >= 0.3 is 12.1 Å². The van der Waals surface area contributed by atoms with E-state index in [9.17, 15) is 9.59 Å². The van der Waals surface area contributed by atoms with Gasteiger partial charge < -0.3 is 33.3 Å². The van der Waals surface area contributed by atoms with Crippen LogP contribution in [0.3, 0.4) is 0 Å². The minimum Gasteiger partial charge on any atom is -0.467 e. The number of nitrogens with zero attached hydrogens (tertiary/aromatic N) is 1. The van der Waals surface area contributed by atoms with Crippen molar-refractivity contribution in [3.63, 3.8) is 0 Å². The standard InChI is InChI=1S/C17H33NO8/c1-17(2,3)26-16(20)18(4)6-7-22-8-9-23-10-11-24-12-13-25-14-15(19)21-5/h6-14H2,1-5H3. The molecule has 0 rings (SSSR count). The number of carbonyl (C=O) groups is 2. The van der Waals surface area contributed by atoms with Gasteiger partial charge in [0.1, 0.15) is 12.2 Å². The normalized spacial score (nSPS) is 11.3. The van der Waals surface area contributed by atoms with E-state index in [1.165, 1.54) is 12.0 Å². The van der Waals surface area contributed by atoms with Crippen LogP contribution in [0.4, 0.5) is 4.79 Å². The van der Waals surface area contributed by atoms with Crippen LogP contribution in [0, 0.1) is 0 Å². The highest BCUT2D eigenvalue weighted by molar-refractivity contribution is 5.70. The number of amides is 1. The van der Waals surface area contributed by atoms with E-state index in [0.29, 0.717) is 52.8 Å². The highest BCUT2D eigenvalue weighted by Gasteiger charge is 2.19. The summed E-state index contributed by atoms with van der Waals surface area (Å²) >= 11 is 0. The quantitative estimate of drug-likeness (QED) is 0.327. The van der Waals surface area contributed by atoms with Gasteiger partial charge in [-0.3, -0.25) is 0 Å². The Morgan fingerprint density at radius 2 is 1.27 bits per heavy atom. The van der Waals surface area contributed by atoms with Gasteiger partial charge in [0.15, 0.2) is 0 Å². The van der Waals surface area contributed by atoms with Gasteiger partial charge in [-0.1, -0.05) is 0 Å². The van der Waals surface area contributed by atoms with Crippen molar-refractivity contribution in [2.75, 3.05) is 73.6 Å². The molecule has 1 amide bonds. The van der Waals surface area contributed by atoms with E-state index >= 15 is 0 Å². The molecule has 26 heavy (non-hydrogen) atoms. The third-order valence-corrected chi connectivity index (χ3v) is 2.84. The first-order chi connectivity index (χ1) is 12.3. The molecule has 0 unspecified atom stereocenters. The molecule has 9 nitrogen and oxygen atoms in total. The largest absolute Gasteiger partial charge is 0.467 e. The molecule has 0 saturated heterocycles. The molecule has 0 aliphatic rings. The zero-order valence-corrected chi connectivity index (χ0v) is 16.6. The minimum atomic E-state index is -0.504. The van der Waals surface area contributed by atoms with Crippen molar-refractivity contribution in [3.05, 3.63) is 0 Å². The van der Waals surface area contributed by atoms with Gasteiger partial charge in [-0.25, -0.2) is 9.59 Å². The molecule has 0 aliphatic carbocycles. The zero-order valence-electron chi connectivity index (χ0n) is 16.6. The second-order valence-electron chi connectivity index (χ2n) is 6.37. The molecule has 0 atom stereocenters. The minimum absolute atomic E-state index is 0.0726. The van der Waals surface area contributed by atoms with Gasteiger partial charge in [0.2, 0.25) is 0 Å². The molecule has 0 saturated carbocycles. The summed E-state index contributed by atoms with van der Waals surface area (Å²) in [5, 5.41) is 0. The number of esters is 1. The number of rotatable bonds is 14. The van der Waals surface area contributed by atoms with Gasteiger partial charge in [-0.05, 0) is 20.8 Å². The molecule has 154 valence electrons. The van der Waals surface area contributed by atoms with Crippen LogP contribution < -0.4 is 0 Å². The summed E-state index contributed by atoms with van der Waals surface area (Å²) in [4.78, 5) is 24.0. The van der Waals surface area contributed by atoms with Crippen molar-refractivity contribution in [1.29, 1.82) is 0 Å². The van der Waals surface area contributed by atoms with Crippen LogP contribution in [0.1, 0.15) is 20.8 Å². The lowest BCUT2D eigenvalue weighted by Gasteiger charge is -2.24. The van der Waals surface area contributed by atoms with Crippen LogP contribution in [0.15, 0.2) is 0 Å². The van der Waals surface area contributed by atoms with Crippen molar-refractivity contribution in [2.45, 2.75) is 26.4 Å². The van der Waals surface area contributed by atoms with Crippen LogP contribution in [0.5, 0.6) is 0 Å². The predicted octanol–water partition coefficient (Wildman–Crippen LogP) is 1.09. The molecule has 0 heterocycles. The van der Waals surface area contributed by atoms with Crippen molar-refractivity contribution in [1.82, 2.24) is 4.90 Å². The van der Waals surface area contributed by atoms with Crippen LogP contribution >= 0.6 is 0 Å². The lowest BCUT2D eigenvalue weighted by atomic mass is 10.2. The van der Waals surface area contributed by atoms with E-state index in [-0.39, 0.29) is 12.7 Å². The molecule has 0 bridgehead atoms. The first kappa shape index (κ1) is 24.6. The van der Waals surface area contributed by atoms with E-state index in [2.05, 4.69) is 4.74 Å². The summed E-state index contributed by atoms with van der Waals surface area (Å²) < 4.78 is 30.7. The molecule has 0 fully saturated rings. The van der Waals surface area contributed by atoms with Crippen molar-refractivity contribution in [3.8, 4) is 0 Å². The van der Waals surface area contributed by atoms with Gasteiger partial charge in [-0.2, -0.15) is 0 Å². The number of ether oxygens (including phenoxy) is 6. The summed E-state index contributed by atoms with van der Waals surface area (Å²) in [6.45, 7) is 8.72. The maximum atomic E-state index is 11.7. The molecule has 0 spiro atoms. The first-order valence-electron chi connectivity index (χ1n) is 8.58. The monoisotopic (exact) mass is 379 g/mol. The molecule has 0 aliphatic heterocycles. The fourth-order valence-electron chi connectivity index (χ4n) is 1.51. The van der Waals surface area contributed by atoms with E-state index in [1.54, 1.807) is 7.05 Å². The van der Waals surface area contributed by atoms with E-state index in [0.717, 1.165) is 0 Å². The number of likely N-dealkylation sites (N-methyl/N-ethyl adjacent to an activating group) is 1. The lowest BCUT2D eigenvalue weighted by molar-refractivity contribution is -0.146. The van der Waals surface area contributed by atoms with E-state index in [4.69, 9.17) is 23.7 Å². The molecule has 9 heteroatoms. The molecule has 0 radical (unpaired) electrons. The van der Waals surface area contributed by atoms with Crippen LogP contribution in [0.25, 0.3) is 0 Å². The van der Waals surface area contributed by atoms with Crippen molar-refractivity contribution >= 4 is 12.1 Å². The Hall–Kier alpha value is -1.42. The zero-order chi connectivity index (χ0) is 19.8. The third kappa shape index (κ3) is 16.1. The summed E-state index contributed by atoms with van der Waals surface area (Å²) in [6.07, 6.45) is -0.370. The maximum absolute atomic E-state index is 11.7. The lowest BCUT2D eigenvalue weighted by Crippen LogP contribution is -2.36. The number of methoxy groups -OCH3 is 1. The summed E-state index contributed by atoms with van der Waals surface area (Å²) in [6, 6.07) is 0. The maximum Gasteiger partial charge on any atom is 0.410 e. The molecular formula is C17H33NO8. The Kier molecular flexibility index (Phi) is 13.9. The predicted molar refractivity (Wildman–Crippen MR) is 94.2 cm³/mol. The highest BCUT2D eigenvalue weighted by atomic mass is 16.6.